The predicted molar refractivity (Wildman–Crippen MR) is 70.1 cm³/mol. The average Bonchev–Trinajstić information content (AvgIpc) is 2.49. The zero-order valence-corrected chi connectivity index (χ0v) is 10.5. The maximum Gasteiger partial charge on any atom is 0.147 e. The Labute approximate surface area is 107 Å². The van der Waals surface area contributed by atoms with Crippen LogP contribution in [0.5, 0.6) is 0 Å². The van der Waals surface area contributed by atoms with Crippen LogP contribution in [0, 0.1) is 0 Å². The van der Waals surface area contributed by atoms with Crippen molar-refractivity contribution in [2.24, 2.45) is 0 Å². The minimum atomic E-state index is 0.779. The molecule has 0 amide bonds. The number of aromatic nitrogens is 2. The predicted octanol–water partition coefficient (Wildman–Crippen LogP) is -0.277. The fourth-order valence-corrected chi connectivity index (χ4v) is 2.33. The van der Waals surface area contributed by atoms with Crippen LogP contribution in [-0.2, 0) is 4.74 Å². The van der Waals surface area contributed by atoms with Crippen molar-refractivity contribution in [1.29, 1.82) is 0 Å². The van der Waals surface area contributed by atoms with E-state index in [1.54, 1.807) is 0 Å². The van der Waals surface area contributed by atoms with E-state index in [2.05, 4.69) is 25.1 Å². The first-order valence-corrected chi connectivity index (χ1v) is 6.54. The van der Waals surface area contributed by atoms with Gasteiger partial charge in [0.1, 0.15) is 11.6 Å². The normalized spacial score (nSPS) is 21.1. The van der Waals surface area contributed by atoms with E-state index in [4.69, 9.17) is 4.74 Å². The second-order valence-electron chi connectivity index (χ2n) is 4.57. The molecule has 0 aliphatic carbocycles. The molecule has 0 radical (unpaired) electrons. The van der Waals surface area contributed by atoms with Gasteiger partial charge in [0.05, 0.1) is 25.6 Å². The molecule has 2 fully saturated rings. The van der Waals surface area contributed by atoms with Crippen LogP contribution in [0.4, 0.5) is 11.6 Å². The van der Waals surface area contributed by atoms with Crippen LogP contribution in [0.1, 0.15) is 0 Å². The zero-order chi connectivity index (χ0) is 12.2. The summed E-state index contributed by atoms with van der Waals surface area (Å²) in [6, 6.07) is 0. The molecule has 2 saturated heterocycles. The van der Waals surface area contributed by atoms with Crippen molar-refractivity contribution in [3.8, 4) is 0 Å². The lowest BCUT2D eigenvalue weighted by Crippen LogP contribution is -2.44. The van der Waals surface area contributed by atoms with Crippen LogP contribution in [-0.4, -0.2) is 62.5 Å². The Balaban J connectivity index is 1.67. The fourth-order valence-electron chi connectivity index (χ4n) is 2.33. The molecule has 18 heavy (non-hydrogen) atoms. The van der Waals surface area contributed by atoms with E-state index in [1.807, 2.05) is 12.4 Å². The standard InChI is InChI=1S/C12H19N5O/c1-3-16(4-2-13-1)11-9-15-12(10-14-11)17-5-7-18-8-6-17/h9-10,13H,1-8H2. The van der Waals surface area contributed by atoms with Crippen LogP contribution in [0.3, 0.4) is 0 Å². The van der Waals surface area contributed by atoms with Gasteiger partial charge in [0, 0.05) is 39.3 Å². The topological polar surface area (TPSA) is 53.5 Å². The number of ether oxygens (including phenoxy) is 1. The Morgan fingerprint density at radius 3 is 2.00 bits per heavy atom. The first-order valence-electron chi connectivity index (χ1n) is 6.54. The molecule has 0 saturated carbocycles. The van der Waals surface area contributed by atoms with Gasteiger partial charge >= 0.3 is 0 Å². The van der Waals surface area contributed by atoms with Gasteiger partial charge in [-0.05, 0) is 0 Å². The Hall–Kier alpha value is -1.40. The van der Waals surface area contributed by atoms with Gasteiger partial charge in [0.15, 0.2) is 0 Å². The van der Waals surface area contributed by atoms with Crippen LogP contribution >= 0.6 is 0 Å². The van der Waals surface area contributed by atoms with Gasteiger partial charge < -0.3 is 19.9 Å². The third-order valence-electron chi connectivity index (χ3n) is 3.40. The molecule has 1 aromatic heterocycles. The Morgan fingerprint density at radius 1 is 0.889 bits per heavy atom. The molecular formula is C12H19N5O. The average molecular weight is 249 g/mol. The largest absolute Gasteiger partial charge is 0.378 e. The molecule has 2 aliphatic heterocycles. The minimum absolute atomic E-state index is 0.779. The van der Waals surface area contributed by atoms with Crippen LogP contribution < -0.4 is 15.1 Å². The molecule has 3 heterocycles. The number of hydrogen-bond acceptors (Lipinski definition) is 6. The van der Waals surface area contributed by atoms with Crippen molar-refractivity contribution in [3.05, 3.63) is 12.4 Å². The van der Waals surface area contributed by atoms with E-state index < -0.39 is 0 Å². The summed E-state index contributed by atoms with van der Waals surface area (Å²) >= 11 is 0. The summed E-state index contributed by atoms with van der Waals surface area (Å²) < 4.78 is 5.34. The molecule has 0 spiro atoms. The second kappa shape index (κ2) is 5.49. The zero-order valence-electron chi connectivity index (χ0n) is 10.5. The lowest BCUT2D eigenvalue weighted by atomic mass is 10.3. The highest BCUT2D eigenvalue weighted by molar-refractivity contribution is 5.43. The van der Waals surface area contributed by atoms with Crippen LogP contribution in [0.15, 0.2) is 12.4 Å². The van der Waals surface area contributed by atoms with Gasteiger partial charge in [-0.25, -0.2) is 9.97 Å². The molecule has 0 atom stereocenters. The van der Waals surface area contributed by atoms with Gasteiger partial charge in [-0.15, -0.1) is 0 Å². The summed E-state index contributed by atoms with van der Waals surface area (Å²) in [6.45, 7) is 7.42. The lowest BCUT2D eigenvalue weighted by Gasteiger charge is -2.30. The van der Waals surface area contributed by atoms with E-state index in [0.29, 0.717) is 0 Å². The Morgan fingerprint density at radius 2 is 1.44 bits per heavy atom. The van der Waals surface area contributed by atoms with E-state index in [0.717, 1.165) is 64.1 Å². The van der Waals surface area contributed by atoms with E-state index >= 15 is 0 Å². The number of nitrogens with zero attached hydrogens (tertiary/aromatic N) is 4. The molecule has 6 heteroatoms. The highest BCUT2D eigenvalue weighted by Gasteiger charge is 2.15. The Bertz CT molecular complexity index is 334. The van der Waals surface area contributed by atoms with Gasteiger partial charge in [-0.2, -0.15) is 0 Å². The van der Waals surface area contributed by atoms with E-state index in [9.17, 15) is 0 Å². The minimum Gasteiger partial charge on any atom is -0.378 e. The Kier molecular flexibility index (Phi) is 3.56. The smallest absolute Gasteiger partial charge is 0.147 e. The molecule has 0 aromatic carbocycles. The number of nitrogens with one attached hydrogen (secondary N) is 1. The van der Waals surface area contributed by atoms with Crippen LogP contribution in [0.25, 0.3) is 0 Å². The number of piperazine rings is 1. The SMILES string of the molecule is c1nc(N2CCOCC2)cnc1N1CCNCC1. The molecule has 3 rings (SSSR count). The highest BCUT2D eigenvalue weighted by atomic mass is 16.5. The van der Waals surface area contributed by atoms with Gasteiger partial charge in [0.2, 0.25) is 0 Å². The van der Waals surface area contributed by atoms with E-state index in [-0.39, 0.29) is 0 Å². The summed E-state index contributed by atoms with van der Waals surface area (Å²) in [7, 11) is 0. The van der Waals surface area contributed by atoms with Crippen molar-refractivity contribution >= 4 is 11.6 Å². The maximum atomic E-state index is 5.34. The van der Waals surface area contributed by atoms with Crippen molar-refractivity contribution in [1.82, 2.24) is 15.3 Å². The number of anilines is 2. The molecule has 2 aliphatic rings. The van der Waals surface area contributed by atoms with Crippen molar-refractivity contribution in [3.63, 3.8) is 0 Å². The monoisotopic (exact) mass is 249 g/mol. The van der Waals surface area contributed by atoms with Crippen molar-refractivity contribution < 1.29 is 4.74 Å². The molecule has 0 bridgehead atoms. The molecule has 6 nitrogen and oxygen atoms in total. The highest BCUT2D eigenvalue weighted by Crippen LogP contribution is 2.15. The van der Waals surface area contributed by atoms with Gasteiger partial charge in [-0.1, -0.05) is 0 Å². The third-order valence-corrected chi connectivity index (χ3v) is 3.40. The molecule has 1 N–H and O–H groups in total. The maximum absolute atomic E-state index is 5.34. The molecule has 98 valence electrons. The molecule has 0 unspecified atom stereocenters. The van der Waals surface area contributed by atoms with Gasteiger partial charge in [0.25, 0.3) is 0 Å². The van der Waals surface area contributed by atoms with Crippen LogP contribution in [0.2, 0.25) is 0 Å². The van der Waals surface area contributed by atoms with Gasteiger partial charge in [-0.3, -0.25) is 0 Å². The summed E-state index contributed by atoms with van der Waals surface area (Å²) in [5.74, 6) is 1.94. The van der Waals surface area contributed by atoms with Crippen molar-refractivity contribution in [2.75, 3.05) is 62.3 Å². The summed E-state index contributed by atoms with van der Waals surface area (Å²) in [4.78, 5) is 13.5. The first kappa shape index (κ1) is 11.7. The quantitative estimate of drug-likeness (QED) is 0.778. The first-order chi connectivity index (χ1) is 8.93. The summed E-state index contributed by atoms with van der Waals surface area (Å²) in [5, 5.41) is 3.34. The number of hydrogen-bond donors (Lipinski definition) is 1. The second-order valence-corrected chi connectivity index (χ2v) is 4.57. The molecule has 1 aromatic rings. The fraction of sp³-hybridized carbons (Fsp3) is 0.667. The van der Waals surface area contributed by atoms with Crippen molar-refractivity contribution in [2.45, 2.75) is 0 Å². The number of morpholine rings is 1. The number of rotatable bonds is 2. The lowest BCUT2D eigenvalue weighted by molar-refractivity contribution is 0.122. The van der Waals surface area contributed by atoms with E-state index in [1.165, 1.54) is 0 Å². The summed E-state index contributed by atoms with van der Waals surface area (Å²) in [5.41, 5.74) is 0. The molecular weight excluding hydrogens is 230 g/mol. The summed E-state index contributed by atoms with van der Waals surface area (Å²) in [6.07, 6.45) is 3.76. The third kappa shape index (κ3) is 2.54.